The van der Waals surface area contributed by atoms with Gasteiger partial charge < -0.3 is 19.7 Å². The first kappa shape index (κ1) is 11.5. The largest absolute Gasteiger partial charge is 0.479 e. The fraction of sp³-hybridized carbons (Fsp3) is 0.300. The van der Waals surface area contributed by atoms with Crippen molar-refractivity contribution in [3.8, 4) is 0 Å². The minimum atomic E-state index is -2.04. The molecule has 2 rings (SSSR count). The van der Waals surface area contributed by atoms with E-state index in [0.29, 0.717) is 0 Å². The van der Waals surface area contributed by atoms with Crippen molar-refractivity contribution in [2.75, 3.05) is 6.79 Å². The summed E-state index contributed by atoms with van der Waals surface area (Å²) in [4.78, 5) is 26.1. The predicted molar refractivity (Wildman–Crippen MR) is 52.0 cm³/mol. The van der Waals surface area contributed by atoms with E-state index in [9.17, 15) is 14.7 Å². The topological polar surface area (TPSA) is 106 Å². The second kappa shape index (κ2) is 4.11. The van der Waals surface area contributed by atoms with Crippen molar-refractivity contribution in [3.05, 3.63) is 30.1 Å². The van der Waals surface area contributed by atoms with E-state index in [1.54, 1.807) is 0 Å². The molecule has 0 aliphatic carbocycles. The van der Waals surface area contributed by atoms with Gasteiger partial charge in [-0.25, -0.2) is 9.59 Å². The summed E-state index contributed by atoms with van der Waals surface area (Å²) in [6.07, 6.45) is 1.10. The number of hydrogen-bond acceptors (Lipinski definition) is 5. The molecule has 17 heavy (non-hydrogen) atoms. The number of pyridine rings is 1. The van der Waals surface area contributed by atoms with Crippen molar-refractivity contribution in [2.45, 2.75) is 11.7 Å². The first-order valence-electron chi connectivity index (χ1n) is 4.71. The maximum absolute atomic E-state index is 11.3. The molecule has 2 atom stereocenters. The van der Waals surface area contributed by atoms with Gasteiger partial charge in [0.15, 0.2) is 0 Å². The van der Waals surface area contributed by atoms with E-state index >= 15 is 0 Å². The predicted octanol–water partition coefficient (Wildman–Crippen LogP) is -0.181. The molecular formula is C10H9NO6. The molecule has 7 nitrogen and oxygen atoms in total. The lowest BCUT2D eigenvalue weighted by atomic mass is 9.89. The summed E-state index contributed by atoms with van der Waals surface area (Å²) in [5, 5.41) is 18.2. The van der Waals surface area contributed by atoms with Gasteiger partial charge >= 0.3 is 11.9 Å². The van der Waals surface area contributed by atoms with Crippen LogP contribution in [0.3, 0.4) is 0 Å². The number of ether oxygens (including phenoxy) is 2. The van der Waals surface area contributed by atoms with E-state index in [1.165, 1.54) is 24.5 Å². The van der Waals surface area contributed by atoms with Gasteiger partial charge in [0.05, 0.1) is 0 Å². The molecule has 0 saturated carbocycles. The Morgan fingerprint density at radius 3 is 2.76 bits per heavy atom. The number of aromatic nitrogens is 1. The zero-order valence-electron chi connectivity index (χ0n) is 8.57. The Morgan fingerprint density at radius 2 is 2.24 bits per heavy atom. The van der Waals surface area contributed by atoms with Crippen molar-refractivity contribution in [2.24, 2.45) is 0 Å². The lowest BCUT2D eigenvalue weighted by Gasteiger charge is -2.25. The van der Waals surface area contributed by atoms with Crippen molar-refractivity contribution in [1.82, 2.24) is 4.98 Å². The lowest BCUT2D eigenvalue weighted by Crippen LogP contribution is -2.48. The normalized spacial score (nSPS) is 27.9. The van der Waals surface area contributed by atoms with Crippen LogP contribution < -0.4 is 0 Å². The second-order valence-electron chi connectivity index (χ2n) is 3.43. The monoisotopic (exact) mass is 239 g/mol. The molecular weight excluding hydrogens is 230 g/mol. The van der Waals surface area contributed by atoms with Gasteiger partial charge in [-0.3, -0.25) is 4.98 Å². The van der Waals surface area contributed by atoms with Gasteiger partial charge in [0.25, 0.3) is 0 Å². The number of nitrogens with zero attached hydrogens (tertiary/aromatic N) is 1. The fourth-order valence-electron chi connectivity index (χ4n) is 1.75. The second-order valence-corrected chi connectivity index (χ2v) is 3.43. The van der Waals surface area contributed by atoms with E-state index in [-0.39, 0.29) is 5.56 Å². The van der Waals surface area contributed by atoms with Crippen LogP contribution in [0.1, 0.15) is 5.56 Å². The third-order valence-electron chi connectivity index (χ3n) is 2.52. The first-order chi connectivity index (χ1) is 8.09. The van der Waals surface area contributed by atoms with Gasteiger partial charge in [-0.2, -0.15) is 0 Å². The third-order valence-corrected chi connectivity index (χ3v) is 2.52. The Kier molecular flexibility index (Phi) is 2.78. The molecule has 1 fully saturated rings. The quantitative estimate of drug-likeness (QED) is 0.753. The van der Waals surface area contributed by atoms with Crippen LogP contribution in [-0.2, 0) is 24.7 Å². The Bertz CT molecular complexity index is 447. The summed E-state index contributed by atoms with van der Waals surface area (Å²) in [5.41, 5.74) is -1.91. The van der Waals surface area contributed by atoms with E-state index in [0.717, 1.165) is 0 Å². The van der Waals surface area contributed by atoms with Crippen LogP contribution in [0.15, 0.2) is 24.5 Å². The van der Waals surface area contributed by atoms with Crippen LogP contribution in [0, 0.1) is 0 Å². The smallest absolute Gasteiger partial charge is 0.344 e. The standard InChI is InChI=1S/C10H9NO6/c12-8(13)7-10(9(14)15,17-5-16-7)6-2-1-3-11-4-6/h1-4,7H,5H2,(H,12,13)(H,14,15)/t7-,10+/m0/s1. The Labute approximate surface area is 95.6 Å². The number of carboxylic acids is 2. The molecule has 2 heterocycles. The summed E-state index contributed by atoms with van der Waals surface area (Å²) in [7, 11) is 0. The van der Waals surface area contributed by atoms with Crippen molar-refractivity contribution < 1.29 is 29.3 Å². The van der Waals surface area contributed by atoms with Gasteiger partial charge in [-0.1, -0.05) is 6.07 Å². The number of carboxylic acid groups (broad SMARTS) is 2. The number of aliphatic carboxylic acids is 2. The SMILES string of the molecule is O=C(O)[C@@H]1OCO[C@]1(C(=O)O)c1cccnc1. The zero-order chi connectivity index (χ0) is 12.5. The molecule has 1 aliphatic heterocycles. The van der Waals surface area contributed by atoms with Gasteiger partial charge in [0.1, 0.15) is 6.79 Å². The third kappa shape index (κ3) is 1.65. The molecule has 1 aromatic heterocycles. The molecule has 1 aromatic rings. The van der Waals surface area contributed by atoms with E-state index < -0.39 is 30.4 Å². The Balaban J connectivity index is 2.54. The average Bonchev–Trinajstić information content (AvgIpc) is 2.75. The molecule has 0 spiro atoms. The number of rotatable bonds is 3. The molecule has 0 aromatic carbocycles. The molecule has 1 saturated heterocycles. The van der Waals surface area contributed by atoms with Gasteiger partial charge in [-0.05, 0) is 6.07 Å². The van der Waals surface area contributed by atoms with Gasteiger partial charge in [-0.15, -0.1) is 0 Å². The average molecular weight is 239 g/mol. The molecule has 0 bridgehead atoms. The Hall–Kier alpha value is -1.99. The Morgan fingerprint density at radius 1 is 1.47 bits per heavy atom. The molecule has 1 aliphatic rings. The highest BCUT2D eigenvalue weighted by Crippen LogP contribution is 2.36. The van der Waals surface area contributed by atoms with Gasteiger partial charge in [0.2, 0.25) is 11.7 Å². The number of hydrogen-bond donors (Lipinski definition) is 2. The molecule has 0 radical (unpaired) electrons. The summed E-state index contributed by atoms with van der Waals surface area (Å²) in [6, 6.07) is 2.94. The van der Waals surface area contributed by atoms with Crippen molar-refractivity contribution in [3.63, 3.8) is 0 Å². The minimum Gasteiger partial charge on any atom is -0.479 e. The van der Waals surface area contributed by atoms with Gasteiger partial charge in [0, 0.05) is 18.0 Å². The molecule has 90 valence electrons. The lowest BCUT2D eigenvalue weighted by molar-refractivity contribution is -0.169. The highest BCUT2D eigenvalue weighted by atomic mass is 16.7. The summed E-state index contributed by atoms with van der Waals surface area (Å²) in [5.74, 6) is -2.82. The maximum Gasteiger partial charge on any atom is 0.344 e. The fourth-order valence-corrected chi connectivity index (χ4v) is 1.75. The molecule has 0 unspecified atom stereocenters. The van der Waals surface area contributed by atoms with E-state index in [2.05, 4.69) is 4.98 Å². The first-order valence-corrected chi connectivity index (χ1v) is 4.71. The zero-order valence-corrected chi connectivity index (χ0v) is 8.57. The van der Waals surface area contributed by atoms with E-state index in [1.807, 2.05) is 0 Å². The van der Waals surface area contributed by atoms with Crippen LogP contribution in [0.2, 0.25) is 0 Å². The summed E-state index contributed by atoms with van der Waals surface area (Å²) >= 11 is 0. The minimum absolute atomic E-state index is 0.136. The molecule has 7 heteroatoms. The summed E-state index contributed by atoms with van der Waals surface area (Å²) in [6.45, 7) is -0.391. The van der Waals surface area contributed by atoms with Crippen molar-refractivity contribution in [1.29, 1.82) is 0 Å². The molecule has 0 amide bonds. The van der Waals surface area contributed by atoms with Crippen LogP contribution in [0.25, 0.3) is 0 Å². The van der Waals surface area contributed by atoms with E-state index in [4.69, 9.17) is 14.6 Å². The van der Waals surface area contributed by atoms with Crippen LogP contribution >= 0.6 is 0 Å². The van der Waals surface area contributed by atoms with Crippen molar-refractivity contribution >= 4 is 11.9 Å². The molecule has 2 N–H and O–H groups in total. The van der Waals surface area contributed by atoms with Crippen LogP contribution in [0.5, 0.6) is 0 Å². The highest BCUT2D eigenvalue weighted by molar-refractivity contribution is 5.89. The van der Waals surface area contributed by atoms with Crippen LogP contribution in [-0.4, -0.2) is 40.0 Å². The van der Waals surface area contributed by atoms with Crippen LogP contribution in [0.4, 0.5) is 0 Å². The number of carbonyl (C=O) groups is 2. The maximum atomic E-state index is 11.3. The summed E-state index contributed by atoms with van der Waals surface area (Å²) < 4.78 is 9.84. The highest BCUT2D eigenvalue weighted by Gasteiger charge is 2.57.